The van der Waals surface area contributed by atoms with Crippen LogP contribution in [0, 0.1) is 6.92 Å². The molecule has 0 radical (unpaired) electrons. The van der Waals surface area contributed by atoms with Gasteiger partial charge in [0.2, 0.25) is 10.0 Å². The second-order valence-electron chi connectivity index (χ2n) is 4.84. The third-order valence-electron chi connectivity index (χ3n) is 3.18. The number of hydrogen-bond donors (Lipinski definition) is 1. The van der Waals surface area contributed by atoms with Crippen LogP contribution in [-0.2, 0) is 23.1 Å². The van der Waals surface area contributed by atoms with Gasteiger partial charge in [-0.15, -0.1) is 11.3 Å². The Bertz CT molecular complexity index is 675. The van der Waals surface area contributed by atoms with Crippen molar-refractivity contribution < 1.29 is 8.42 Å². The summed E-state index contributed by atoms with van der Waals surface area (Å²) in [6.45, 7) is 5.69. The highest BCUT2D eigenvalue weighted by molar-refractivity contribution is 7.89. The molecular weight excluding hydrogens is 324 g/mol. The summed E-state index contributed by atoms with van der Waals surface area (Å²) in [5.74, 6) is 0. The van der Waals surface area contributed by atoms with E-state index in [9.17, 15) is 8.42 Å². The number of rotatable bonds is 7. The fraction of sp³-hybridized carbons (Fsp3) is 0.429. The summed E-state index contributed by atoms with van der Waals surface area (Å²) >= 11 is 3.08. The normalized spacial score (nSPS) is 12.2. The van der Waals surface area contributed by atoms with E-state index in [1.807, 2.05) is 36.1 Å². The predicted molar refractivity (Wildman–Crippen MR) is 89.4 cm³/mol. The van der Waals surface area contributed by atoms with Crippen molar-refractivity contribution in [2.45, 2.75) is 31.8 Å². The molecule has 0 amide bonds. The minimum absolute atomic E-state index is 0.405. The molecule has 0 aliphatic heterocycles. The van der Waals surface area contributed by atoms with Gasteiger partial charge in [0.05, 0.1) is 0 Å². The first-order valence-corrected chi connectivity index (χ1v) is 9.98. The summed E-state index contributed by atoms with van der Waals surface area (Å²) in [5, 5.41) is 9.06. The van der Waals surface area contributed by atoms with Crippen LogP contribution in [0.2, 0.25) is 0 Å². The molecule has 2 rings (SSSR count). The maximum Gasteiger partial charge on any atom is 0.244 e. The molecule has 116 valence electrons. The molecule has 7 heteroatoms. The summed E-state index contributed by atoms with van der Waals surface area (Å²) in [4.78, 5) is 1.35. The van der Waals surface area contributed by atoms with Crippen molar-refractivity contribution in [3.63, 3.8) is 0 Å². The molecule has 2 aromatic heterocycles. The molecule has 1 N–H and O–H groups in total. The molecule has 21 heavy (non-hydrogen) atoms. The Labute approximate surface area is 134 Å². The molecule has 0 saturated carbocycles. The van der Waals surface area contributed by atoms with Crippen LogP contribution in [0.15, 0.2) is 27.1 Å². The zero-order valence-corrected chi connectivity index (χ0v) is 14.9. The molecule has 2 heterocycles. The number of aryl methyl sites for hydroxylation is 1. The minimum Gasteiger partial charge on any atom is -0.312 e. The van der Waals surface area contributed by atoms with Crippen molar-refractivity contribution in [3.05, 3.63) is 38.2 Å². The zero-order valence-electron chi connectivity index (χ0n) is 12.4. The Hall–Kier alpha value is -0.730. The molecule has 0 aromatic carbocycles. The van der Waals surface area contributed by atoms with Gasteiger partial charge < -0.3 is 5.32 Å². The van der Waals surface area contributed by atoms with Crippen LogP contribution in [0.3, 0.4) is 0 Å². The van der Waals surface area contributed by atoms with Crippen molar-refractivity contribution in [3.8, 4) is 0 Å². The fourth-order valence-electron chi connectivity index (χ4n) is 2.07. The van der Waals surface area contributed by atoms with E-state index in [1.165, 1.54) is 15.6 Å². The molecule has 0 aliphatic carbocycles. The molecule has 0 fully saturated rings. The summed E-state index contributed by atoms with van der Waals surface area (Å²) in [5.41, 5.74) is 1.84. The molecule has 0 atom stereocenters. The van der Waals surface area contributed by atoms with E-state index in [1.54, 1.807) is 18.4 Å². The summed E-state index contributed by atoms with van der Waals surface area (Å²) in [6, 6.07) is 1.96. The fourth-order valence-corrected chi connectivity index (χ4v) is 5.62. The smallest absolute Gasteiger partial charge is 0.244 e. The topological polar surface area (TPSA) is 49.4 Å². The van der Waals surface area contributed by atoms with Gasteiger partial charge >= 0.3 is 0 Å². The third-order valence-corrected chi connectivity index (χ3v) is 7.18. The van der Waals surface area contributed by atoms with Crippen molar-refractivity contribution in [2.75, 3.05) is 13.6 Å². The second kappa shape index (κ2) is 7.02. The Kier molecular flexibility index (Phi) is 5.56. The average Bonchev–Trinajstić information content (AvgIpc) is 3.06. The highest BCUT2D eigenvalue weighted by Crippen LogP contribution is 2.29. The van der Waals surface area contributed by atoms with E-state index < -0.39 is 10.0 Å². The molecule has 4 nitrogen and oxygen atoms in total. The predicted octanol–water partition coefficient (Wildman–Crippen LogP) is 3.05. The number of sulfonamides is 1. The van der Waals surface area contributed by atoms with Crippen LogP contribution in [0.4, 0.5) is 0 Å². The second-order valence-corrected chi connectivity index (χ2v) is 8.57. The average molecular weight is 345 g/mol. The van der Waals surface area contributed by atoms with Gasteiger partial charge in [0.1, 0.15) is 4.90 Å². The van der Waals surface area contributed by atoms with E-state index in [0.29, 0.717) is 18.0 Å². The monoisotopic (exact) mass is 344 g/mol. The Balaban J connectivity index is 2.28. The van der Waals surface area contributed by atoms with Crippen LogP contribution in [0.25, 0.3) is 0 Å². The van der Waals surface area contributed by atoms with Crippen LogP contribution in [0.5, 0.6) is 0 Å². The maximum absolute atomic E-state index is 12.8. The standard InChI is InChI=1S/C14H20N2O2S3/c1-4-15-7-13-14(11(2)9-20-13)21(17,18)16(3)8-12-5-6-19-10-12/h5-6,9-10,15H,4,7-8H2,1-3H3. The van der Waals surface area contributed by atoms with Gasteiger partial charge in [0.15, 0.2) is 0 Å². The lowest BCUT2D eigenvalue weighted by Crippen LogP contribution is -2.28. The quantitative estimate of drug-likeness (QED) is 0.840. The highest BCUT2D eigenvalue weighted by Gasteiger charge is 2.27. The first-order valence-electron chi connectivity index (χ1n) is 6.72. The van der Waals surface area contributed by atoms with Gasteiger partial charge in [0, 0.05) is 25.0 Å². The Morgan fingerprint density at radius 2 is 2.10 bits per heavy atom. The van der Waals surface area contributed by atoms with Crippen molar-refractivity contribution >= 4 is 32.7 Å². The van der Waals surface area contributed by atoms with Gasteiger partial charge in [-0.25, -0.2) is 8.42 Å². The zero-order chi connectivity index (χ0) is 15.5. The van der Waals surface area contributed by atoms with E-state index in [-0.39, 0.29) is 0 Å². The lowest BCUT2D eigenvalue weighted by molar-refractivity contribution is 0.466. The Morgan fingerprint density at radius 1 is 1.33 bits per heavy atom. The molecule has 0 spiro atoms. The van der Waals surface area contributed by atoms with E-state index in [0.717, 1.165) is 22.5 Å². The number of nitrogens with one attached hydrogen (secondary N) is 1. The summed E-state index contributed by atoms with van der Waals surface area (Å²) in [6.07, 6.45) is 0. The van der Waals surface area contributed by atoms with Crippen molar-refractivity contribution in [2.24, 2.45) is 0 Å². The molecule has 0 bridgehead atoms. The largest absolute Gasteiger partial charge is 0.312 e. The van der Waals surface area contributed by atoms with E-state index >= 15 is 0 Å². The van der Waals surface area contributed by atoms with Gasteiger partial charge in [-0.05, 0) is 46.8 Å². The first-order chi connectivity index (χ1) is 9.96. The van der Waals surface area contributed by atoms with Crippen LogP contribution >= 0.6 is 22.7 Å². The third kappa shape index (κ3) is 3.73. The number of thiophene rings is 2. The van der Waals surface area contributed by atoms with Crippen LogP contribution in [-0.4, -0.2) is 26.3 Å². The molecule has 0 aliphatic rings. The minimum atomic E-state index is -3.46. The van der Waals surface area contributed by atoms with Gasteiger partial charge in [-0.3, -0.25) is 0 Å². The molecule has 2 aromatic rings. The lowest BCUT2D eigenvalue weighted by Gasteiger charge is -2.18. The Morgan fingerprint density at radius 3 is 2.71 bits per heavy atom. The first kappa shape index (κ1) is 16.6. The van der Waals surface area contributed by atoms with Crippen LogP contribution in [0.1, 0.15) is 22.9 Å². The van der Waals surface area contributed by atoms with Crippen LogP contribution < -0.4 is 5.32 Å². The van der Waals surface area contributed by atoms with Crippen molar-refractivity contribution in [1.82, 2.24) is 9.62 Å². The van der Waals surface area contributed by atoms with Crippen molar-refractivity contribution in [1.29, 1.82) is 0 Å². The van der Waals surface area contributed by atoms with Gasteiger partial charge in [0.25, 0.3) is 0 Å². The van der Waals surface area contributed by atoms with E-state index in [4.69, 9.17) is 0 Å². The number of nitrogens with zero attached hydrogens (tertiary/aromatic N) is 1. The highest BCUT2D eigenvalue weighted by atomic mass is 32.2. The molecule has 0 unspecified atom stereocenters. The molecular formula is C14H20N2O2S3. The van der Waals surface area contributed by atoms with Gasteiger partial charge in [-0.2, -0.15) is 15.6 Å². The SMILES string of the molecule is CCNCc1scc(C)c1S(=O)(=O)N(C)Cc1ccsc1. The summed E-state index contributed by atoms with van der Waals surface area (Å²) < 4.78 is 27.1. The van der Waals surface area contributed by atoms with E-state index in [2.05, 4.69) is 5.32 Å². The lowest BCUT2D eigenvalue weighted by atomic mass is 10.3. The summed E-state index contributed by atoms with van der Waals surface area (Å²) in [7, 11) is -1.82. The maximum atomic E-state index is 12.8. The number of hydrogen-bond acceptors (Lipinski definition) is 5. The van der Waals surface area contributed by atoms with Gasteiger partial charge in [-0.1, -0.05) is 6.92 Å². The molecule has 0 saturated heterocycles.